The number of carbonyl (C=O) groups excluding carboxylic acids is 1. The Labute approximate surface area is 186 Å². The molecule has 32 heavy (non-hydrogen) atoms. The van der Waals surface area contributed by atoms with Crippen molar-refractivity contribution >= 4 is 11.7 Å². The molecule has 4 rings (SSSR count). The van der Waals surface area contributed by atoms with E-state index in [1.165, 1.54) is 4.80 Å². The Morgan fingerprint density at radius 3 is 2.50 bits per heavy atom. The number of tetrazole rings is 1. The lowest BCUT2D eigenvalue weighted by Crippen LogP contribution is -2.24. The zero-order valence-electron chi connectivity index (χ0n) is 17.8. The number of hydrogen-bond acceptors (Lipinski definition) is 6. The molecule has 0 atom stereocenters. The molecule has 0 unspecified atom stereocenters. The minimum absolute atomic E-state index is 0.0164. The van der Waals surface area contributed by atoms with E-state index in [1.807, 2.05) is 66.7 Å². The second kappa shape index (κ2) is 10.3. The van der Waals surface area contributed by atoms with Crippen molar-refractivity contribution in [3.05, 3.63) is 72.4 Å². The van der Waals surface area contributed by atoms with E-state index < -0.39 is 0 Å². The van der Waals surface area contributed by atoms with Crippen LogP contribution in [0.3, 0.4) is 0 Å². The number of nitrogens with zero attached hydrogens (tertiary/aromatic N) is 6. The van der Waals surface area contributed by atoms with Crippen LogP contribution in [0, 0.1) is 0 Å². The average molecular weight is 431 g/mol. The number of para-hydroxylation sites is 1. The number of nitrogen functional groups attached to an aromatic ring is 1. The molecular formula is C23H26N8O. The summed E-state index contributed by atoms with van der Waals surface area (Å²) in [7, 11) is 0. The zero-order valence-corrected chi connectivity index (χ0v) is 17.8. The van der Waals surface area contributed by atoms with E-state index in [-0.39, 0.29) is 5.91 Å². The summed E-state index contributed by atoms with van der Waals surface area (Å²) in [6.45, 7) is 1.14. The fourth-order valence-corrected chi connectivity index (χ4v) is 3.35. The summed E-state index contributed by atoms with van der Waals surface area (Å²) in [6, 6.07) is 21.4. The molecule has 0 spiro atoms. The van der Waals surface area contributed by atoms with Crippen molar-refractivity contribution < 1.29 is 4.79 Å². The van der Waals surface area contributed by atoms with Gasteiger partial charge in [0, 0.05) is 24.6 Å². The smallest absolute Gasteiger partial charge is 0.220 e. The van der Waals surface area contributed by atoms with Crippen molar-refractivity contribution in [1.29, 1.82) is 0 Å². The number of amides is 1. The van der Waals surface area contributed by atoms with Gasteiger partial charge in [0.1, 0.15) is 5.82 Å². The van der Waals surface area contributed by atoms with Gasteiger partial charge in [-0.3, -0.25) is 4.79 Å². The van der Waals surface area contributed by atoms with Crippen molar-refractivity contribution in [2.75, 3.05) is 12.3 Å². The minimum Gasteiger partial charge on any atom is -0.384 e. The molecule has 0 aliphatic heterocycles. The Morgan fingerprint density at radius 2 is 1.72 bits per heavy atom. The third-order valence-electron chi connectivity index (χ3n) is 4.97. The maximum Gasteiger partial charge on any atom is 0.220 e. The quantitative estimate of drug-likeness (QED) is 0.374. The van der Waals surface area contributed by atoms with Crippen LogP contribution in [0.5, 0.6) is 0 Å². The van der Waals surface area contributed by atoms with Gasteiger partial charge in [-0.1, -0.05) is 48.5 Å². The normalized spacial score (nSPS) is 10.9. The van der Waals surface area contributed by atoms with E-state index in [2.05, 4.69) is 25.8 Å². The molecule has 4 aromatic rings. The number of nitrogens with one attached hydrogen (secondary N) is 1. The van der Waals surface area contributed by atoms with Gasteiger partial charge in [0.15, 0.2) is 0 Å². The lowest BCUT2D eigenvalue weighted by molar-refractivity contribution is -0.121. The van der Waals surface area contributed by atoms with Gasteiger partial charge in [-0.2, -0.15) is 9.90 Å². The summed E-state index contributed by atoms with van der Waals surface area (Å²) >= 11 is 0. The predicted octanol–water partition coefficient (Wildman–Crippen LogP) is 2.64. The van der Waals surface area contributed by atoms with Crippen LogP contribution in [0.1, 0.15) is 25.0 Å². The average Bonchev–Trinajstić information content (AvgIpc) is 3.44. The van der Waals surface area contributed by atoms with Gasteiger partial charge in [0.05, 0.1) is 17.9 Å². The van der Waals surface area contributed by atoms with Crippen LogP contribution in [0.15, 0.2) is 66.7 Å². The predicted molar refractivity (Wildman–Crippen MR) is 122 cm³/mol. The van der Waals surface area contributed by atoms with E-state index >= 15 is 0 Å². The largest absolute Gasteiger partial charge is 0.384 e. The molecule has 9 nitrogen and oxygen atoms in total. The number of anilines is 1. The van der Waals surface area contributed by atoms with Crippen molar-refractivity contribution in [1.82, 2.24) is 35.3 Å². The van der Waals surface area contributed by atoms with Crippen LogP contribution < -0.4 is 11.1 Å². The van der Waals surface area contributed by atoms with Crippen LogP contribution in [-0.4, -0.2) is 42.4 Å². The first-order valence-corrected chi connectivity index (χ1v) is 10.7. The molecule has 1 amide bonds. The monoisotopic (exact) mass is 430 g/mol. The van der Waals surface area contributed by atoms with Gasteiger partial charge in [-0.05, 0) is 36.6 Å². The number of nitrogens with two attached hydrogens (primary N) is 1. The second-order valence-corrected chi connectivity index (χ2v) is 7.44. The number of rotatable bonds is 10. The van der Waals surface area contributed by atoms with E-state index in [0.717, 1.165) is 29.8 Å². The molecule has 9 heteroatoms. The van der Waals surface area contributed by atoms with Gasteiger partial charge in [0.25, 0.3) is 0 Å². The van der Waals surface area contributed by atoms with Crippen LogP contribution in [0.4, 0.5) is 5.82 Å². The highest BCUT2D eigenvalue weighted by atomic mass is 16.1. The van der Waals surface area contributed by atoms with Gasteiger partial charge in [0.2, 0.25) is 11.7 Å². The lowest BCUT2D eigenvalue weighted by atomic mass is 10.2. The zero-order chi connectivity index (χ0) is 22.2. The van der Waals surface area contributed by atoms with Crippen LogP contribution in [0.2, 0.25) is 0 Å². The summed E-state index contributed by atoms with van der Waals surface area (Å²) in [5, 5.41) is 20.0. The molecule has 0 bridgehead atoms. The minimum atomic E-state index is 0.0164. The molecule has 2 heterocycles. The molecule has 0 aliphatic rings. The molecule has 2 aromatic heterocycles. The Hall–Kier alpha value is -4.01. The topological polar surface area (TPSA) is 117 Å². The van der Waals surface area contributed by atoms with Gasteiger partial charge >= 0.3 is 0 Å². The van der Waals surface area contributed by atoms with Crippen molar-refractivity contribution in [2.24, 2.45) is 0 Å². The van der Waals surface area contributed by atoms with Gasteiger partial charge in [-0.15, -0.1) is 10.2 Å². The molecule has 0 fully saturated rings. The SMILES string of the molecule is Nc1cc(CCCNC(=O)CCCn2nnc(-c3ccccc3)n2)nn1-c1ccccc1. The fraction of sp³-hybridized carbons (Fsp3) is 0.261. The molecule has 0 saturated heterocycles. The number of benzene rings is 2. The number of hydrogen-bond donors (Lipinski definition) is 2. The van der Waals surface area contributed by atoms with E-state index in [1.54, 1.807) is 4.68 Å². The standard InChI is InChI=1S/C23H26N8O/c24-21-17-19(27-31(21)20-12-5-2-6-13-20)11-7-15-25-22(32)14-8-16-30-28-23(26-29-30)18-9-3-1-4-10-18/h1-6,9-10,12-13,17H,7-8,11,14-16,24H2,(H,25,32). The summed E-state index contributed by atoms with van der Waals surface area (Å²) in [5.74, 6) is 1.21. The highest BCUT2D eigenvalue weighted by Gasteiger charge is 2.08. The first-order valence-electron chi connectivity index (χ1n) is 10.7. The van der Waals surface area contributed by atoms with Crippen LogP contribution in [-0.2, 0) is 17.8 Å². The first-order chi connectivity index (χ1) is 15.7. The number of aromatic nitrogens is 6. The van der Waals surface area contributed by atoms with E-state index in [0.29, 0.717) is 37.6 Å². The van der Waals surface area contributed by atoms with Gasteiger partial charge < -0.3 is 11.1 Å². The molecule has 0 saturated carbocycles. The molecule has 3 N–H and O–H groups in total. The first kappa shape index (κ1) is 21.2. The van der Waals surface area contributed by atoms with Crippen molar-refractivity contribution in [2.45, 2.75) is 32.2 Å². The third kappa shape index (κ3) is 5.57. The second-order valence-electron chi connectivity index (χ2n) is 7.44. The maximum absolute atomic E-state index is 12.1. The highest BCUT2D eigenvalue weighted by molar-refractivity contribution is 5.75. The molecule has 164 valence electrons. The maximum atomic E-state index is 12.1. The summed E-state index contributed by atoms with van der Waals surface area (Å²) in [4.78, 5) is 13.6. The molecule has 0 radical (unpaired) electrons. The van der Waals surface area contributed by atoms with Crippen molar-refractivity contribution in [3.8, 4) is 17.1 Å². The summed E-state index contributed by atoms with van der Waals surface area (Å²) in [5.41, 5.74) is 8.84. The Kier molecular flexibility index (Phi) is 6.86. The molecule has 0 aliphatic carbocycles. The fourth-order valence-electron chi connectivity index (χ4n) is 3.35. The molecular weight excluding hydrogens is 404 g/mol. The highest BCUT2D eigenvalue weighted by Crippen LogP contribution is 2.15. The Bertz CT molecular complexity index is 1140. The number of carbonyl (C=O) groups is 1. The van der Waals surface area contributed by atoms with Gasteiger partial charge in [-0.25, -0.2) is 4.68 Å². The third-order valence-corrected chi connectivity index (χ3v) is 4.97. The summed E-state index contributed by atoms with van der Waals surface area (Å²) < 4.78 is 1.73. The lowest BCUT2D eigenvalue weighted by Gasteiger charge is -2.04. The summed E-state index contributed by atoms with van der Waals surface area (Å²) in [6.07, 6.45) is 2.60. The van der Waals surface area contributed by atoms with E-state index in [4.69, 9.17) is 5.73 Å². The number of aryl methyl sites for hydroxylation is 2. The Morgan fingerprint density at radius 1 is 0.969 bits per heavy atom. The van der Waals surface area contributed by atoms with Crippen molar-refractivity contribution in [3.63, 3.8) is 0 Å². The van der Waals surface area contributed by atoms with Crippen LogP contribution in [0.25, 0.3) is 17.1 Å². The Balaban J connectivity index is 1.15. The molecule has 2 aromatic carbocycles. The van der Waals surface area contributed by atoms with Crippen LogP contribution >= 0.6 is 0 Å². The van der Waals surface area contributed by atoms with E-state index in [9.17, 15) is 4.79 Å².